The van der Waals surface area contributed by atoms with Crippen molar-refractivity contribution in [1.82, 2.24) is 9.80 Å². The fourth-order valence-electron chi connectivity index (χ4n) is 4.80. The molecule has 0 radical (unpaired) electrons. The number of morpholine rings is 1. The molecule has 1 heterocycles. The van der Waals surface area contributed by atoms with Crippen LogP contribution in [0.4, 0.5) is 4.79 Å². The van der Waals surface area contributed by atoms with Gasteiger partial charge in [-0.2, -0.15) is 0 Å². The van der Waals surface area contributed by atoms with E-state index in [0.29, 0.717) is 6.42 Å². The average Bonchev–Trinajstić information content (AvgIpc) is 3.16. The van der Waals surface area contributed by atoms with Crippen LogP contribution in [0.3, 0.4) is 0 Å². The predicted molar refractivity (Wildman–Crippen MR) is 125 cm³/mol. The van der Waals surface area contributed by atoms with Crippen LogP contribution in [0.1, 0.15) is 36.3 Å². The summed E-state index contributed by atoms with van der Waals surface area (Å²) in [6, 6.07) is 15.4. The van der Waals surface area contributed by atoms with Crippen LogP contribution in [0.5, 0.6) is 0 Å². The van der Waals surface area contributed by atoms with E-state index in [9.17, 15) is 14.7 Å². The molecule has 4 rings (SSSR count). The van der Waals surface area contributed by atoms with Crippen LogP contribution in [-0.4, -0.2) is 79.5 Å². The van der Waals surface area contributed by atoms with Gasteiger partial charge in [0, 0.05) is 26.1 Å². The summed E-state index contributed by atoms with van der Waals surface area (Å²) in [5, 5.41) is 9.70. The van der Waals surface area contributed by atoms with E-state index >= 15 is 0 Å². The minimum absolute atomic E-state index is 0.0495. The first-order valence-corrected chi connectivity index (χ1v) is 11.7. The van der Waals surface area contributed by atoms with Gasteiger partial charge in [-0.15, -0.1) is 0 Å². The summed E-state index contributed by atoms with van der Waals surface area (Å²) in [6.07, 6.45) is 1.43. The number of carboxylic acids is 1. The normalized spacial score (nSPS) is 16.6. The van der Waals surface area contributed by atoms with Crippen LogP contribution in [0.2, 0.25) is 0 Å². The molecule has 33 heavy (non-hydrogen) atoms. The second-order valence-corrected chi connectivity index (χ2v) is 8.72. The number of ether oxygens (including phenoxy) is 2. The Kier molecular flexibility index (Phi) is 7.62. The molecule has 1 N–H and O–H groups in total. The van der Waals surface area contributed by atoms with E-state index in [1.165, 1.54) is 11.9 Å². The van der Waals surface area contributed by atoms with Gasteiger partial charge in [0.05, 0.1) is 13.2 Å². The Bertz CT molecular complexity index is 927. The molecule has 1 aliphatic heterocycles. The summed E-state index contributed by atoms with van der Waals surface area (Å²) < 4.78 is 11.0. The number of carbonyl (C=O) groups excluding carboxylic acids is 1. The topological polar surface area (TPSA) is 79.3 Å². The maximum absolute atomic E-state index is 12.8. The molecule has 7 heteroatoms. The first kappa shape index (κ1) is 23.3. The predicted octanol–water partition coefficient (Wildman–Crippen LogP) is 3.82. The van der Waals surface area contributed by atoms with Gasteiger partial charge in [0.2, 0.25) is 0 Å². The van der Waals surface area contributed by atoms with E-state index in [1.54, 1.807) is 0 Å². The van der Waals surface area contributed by atoms with Gasteiger partial charge in [-0.05, 0) is 48.1 Å². The molecule has 0 spiro atoms. The molecule has 1 amide bonds. The molecule has 0 aromatic heterocycles. The van der Waals surface area contributed by atoms with Crippen molar-refractivity contribution in [3.8, 4) is 11.1 Å². The van der Waals surface area contributed by atoms with Gasteiger partial charge < -0.3 is 14.6 Å². The van der Waals surface area contributed by atoms with Crippen molar-refractivity contribution in [2.75, 3.05) is 46.5 Å². The number of amides is 1. The number of unbranched alkanes of at least 4 members (excludes halogenated alkanes) is 1. The van der Waals surface area contributed by atoms with E-state index in [-0.39, 0.29) is 12.5 Å². The van der Waals surface area contributed by atoms with Crippen LogP contribution in [-0.2, 0) is 14.3 Å². The van der Waals surface area contributed by atoms with Gasteiger partial charge in [0.1, 0.15) is 12.6 Å². The van der Waals surface area contributed by atoms with Gasteiger partial charge in [0.25, 0.3) is 0 Å². The van der Waals surface area contributed by atoms with Crippen molar-refractivity contribution in [3.05, 3.63) is 59.7 Å². The molecule has 0 unspecified atom stereocenters. The molecule has 0 bridgehead atoms. The third-order valence-electron chi connectivity index (χ3n) is 6.68. The summed E-state index contributed by atoms with van der Waals surface area (Å²) in [7, 11) is 1.51. The molecule has 176 valence electrons. The first-order valence-electron chi connectivity index (χ1n) is 11.7. The molecular formula is C26H32N2O5. The summed E-state index contributed by atoms with van der Waals surface area (Å²) in [4.78, 5) is 28.2. The van der Waals surface area contributed by atoms with E-state index < -0.39 is 18.1 Å². The average molecular weight is 453 g/mol. The molecule has 1 aliphatic carbocycles. The number of benzene rings is 2. The molecule has 1 saturated heterocycles. The fourth-order valence-corrected chi connectivity index (χ4v) is 4.80. The molecule has 0 saturated carbocycles. The second kappa shape index (κ2) is 10.8. The zero-order valence-electron chi connectivity index (χ0n) is 19.1. The number of fused-ring (bicyclic) bond motifs is 3. The number of carboxylic acid groups (broad SMARTS) is 1. The Morgan fingerprint density at radius 2 is 1.67 bits per heavy atom. The van der Waals surface area contributed by atoms with Crippen LogP contribution in [0.15, 0.2) is 48.5 Å². The minimum atomic E-state index is -1.00. The van der Waals surface area contributed by atoms with Crippen molar-refractivity contribution >= 4 is 12.1 Å². The van der Waals surface area contributed by atoms with E-state index in [4.69, 9.17) is 9.47 Å². The number of rotatable bonds is 9. The zero-order valence-corrected chi connectivity index (χ0v) is 19.1. The van der Waals surface area contributed by atoms with Crippen molar-refractivity contribution in [2.45, 2.75) is 31.2 Å². The number of nitrogens with zero attached hydrogens (tertiary/aromatic N) is 2. The molecule has 1 atom stereocenters. The van der Waals surface area contributed by atoms with Gasteiger partial charge in [0.15, 0.2) is 0 Å². The van der Waals surface area contributed by atoms with Crippen molar-refractivity contribution in [2.24, 2.45) is 0 Å². The highest BCUT2D eigenvalue weighted by Crippen LogP contribution is 2.44. The smallest absolute Gasteiger partial charge is 0.410 e. The van der Waals surface area contributed by atoms with Crippen LogP contribution in [0.25, 0.3) is 11.1 Å². The van der Waals surface area contributed by atoms with Crippen molar-refractivity contribution in [3.63, 3.8) is 0 Å². The van der Waals surface area contributed by atoms with E-state index in [0.717, 1.165) is 67.9 Å². The van der Waals surface area contributed by atoms with Crippen LogP contribution < -0.4 is 0 Å². The highest BCUT2D eigenvalue weighted by molar-refractivity contribution is 5.81. The highest BCUT2D eigenvalue weighted by Gasteiger charge is 2.31. The second-order valence-electron chi connectivity index (χ2n) is 8.72. The number of hydrogen-bond acceptors (Lipinski definition) is 5. The Balaban J connectivity index is 1.32. The lowest BCUT2D eigenvalue weighted by atomic mass is 9.98. The van der Waals surface area contributed by atoms with Gasteiger partial charge in [-0.25, -0.2) is 9.59 Å². The number of aliphatic carboxylic acids is 1. The standard InChI is InChI=1S/C26H32N2O5/c1-27(24(25(29)30)12-6-7-13-28-14-16-32-17-15-28)26(31)33-18-23-21-10-4-2-8-19(21)20-9-3-5-11-22(20)23/h2-5,8-11,23-24H,6-7,12-18H2,1H3,(H,29,30)/t24-/m1/s1. The lowest BCUT2D eigenvalue weighted by Crippen LogP contribution is -2.43. The molecule has 2 aromatic rings. The van der Waals surface area contributed by atoms with Crippen molar-refractivity contribution in [1.29, 1.82) is 0 Å². The Labute approximate surface area is 194 Å². The quantitative estimate of drug-likeness (QED) is 0.583. The molecule has 1 fully saturated rings. The number of hydrogen-bond donors (Lipinski definition) is 1. The SMILES string of the molecule is CN(C(=O)OCC1c2ccccc2-c2ccccc21)[C@H](CCCCN1CCOCC1)C(=O)O. The van der Waals surface area contributed by atoms with E-state index in [2.05, 4.69) is 29.2 Å². The fraction of sp³-hybridized carbons (Fsp3) is 0.462. The largest absolute Gasteiger partial charge is 0.480 e. The van der Waals surface area contributed by atoms with Gasteiger partial charge in [-0.1, -0.05) is 48.5 Å². The Hall–Kier alpha value is -2.90. The maximum atomic E-state index is 12.8. The molecule has 2 aliphatic rings. The van der Waals surface area contributed by atoms with Gasteiger partial charge >= 0.3 is 12.1 Å². The zero-order chi connectivity index (χ0) is 23.2. The summed E-state index contributed by atoms with van der Waals surface area (Å²) in [6.45, 7) is 4.44. The molecular weight excluding hydrogens is 420 g/mol. The van der Waals surface area contributed by atoms with Crippen LogP contribution in [0, 0.1) is 0 Å². The lowest BCUT2D eigenvalue weighted by Gasteiger charge is -2.27. The van der Waals surface area contributed by atoms with E-state index in [1.807, 2.05) is 24.3 Å². The maximum Gasteiger partial charge on any atom is 0.410 e. The summed E-state index contributed by atoms with van der Waals surface area (Å²) in [5.74, 6) is -1.05. The Morgan fingerprint density at radius 1 is 1.06 bits per heavy atom. The number of carbonyl (C=O) groups is 2. The minimum Gasteiger partial charge on any atom is -0.480 e. The third kappa shape index (κ3) is 5.37. The summed E-state index contributed by atoms with van der Waals surface area (Å²) >= 11 is 0. The lowest BCUT2D eigenvalue weighted by molar-refractivity contribution is -0.142. The third-order valence-corrected chi connectivity index (χ3v) is 6.68. The van der Waals surface area contributed by atoms with Crippen molar-refractivity contribution < 1.29 is 24.2 Å². The highest BCUT2D eigenvalue weighted by atomic mass is 16.6. The first-order chi connectivity index (χ1) is 16.1. The summed E-state index contributed by atoms with van der Waals surface area (Å²) in [5.41, 5.74) is 4.58. The molecule has 7 nitrogen and oxygen atoms in total. The Morgan fingerprint density at radius 3 is 2.27 bits per heavy atom. The number of likely N-dealkylation sites (N-methyl/N-ethyl adjacent to an activating group) is 1. The van der Waals surface area contributed by atoms with Crippen LogP contribution >= 0.6 is 0 Å². The molecule has 2 aromatic carbocycles. The monoisotopic (exact) mass is 452 g/mol. The van der Waals surface area contributed by atoms with Gasteiger partial charge in [-0.3, -0.25) is 9.80 Å².